The van der Waals surface area contributed by atoms with E-state index in [0.29, 0.717) is 6.54 Å². The predicted octanol–water partition coefficient (Wildman–Crippen LogP) is 3.70. The fourth-order valence-electron chi connectivity index (χ4n) is 2.72. The van der Waals surface area contributed by atoms with Gasteiger partial charge in [0.05, 0.1) is 6.54 Å². The molecule has 3 nitrogen and oxygen atoms in total. The molecular weight excluding hydrogens is 260 g/mol. The maximum absolute atomic E-state index is 12.1. The van der Waals surface area contributed by atoms with Crippen LogP contribution < -0.4 is 5.32 Å². The third kappa shape index (κ3) is 5.07. The van der Waals surface area contributed by atoms with Gasteiger partial charge in [-0.3, -0.25) is 4.79 Å². The van der Waals surface area contributed by atoms with Crippen molar-refractivity contribution in [3.63, 3.8) is 0 Å². The molecule has 1 saturated heterocycles. The van der Waals surface area contributed by atoms with E-state index in [1.165, 1.54) is 18.4 Å². The smallest absolute Gasteiger partial charge is 0.241 e. The first-order valence-electron chi connectivity index (χ1n) is 8.29. The van der Waals surface area contributed by atoms with Crippen molar-refractivity contribution in [2.24, 2.45) is 5.92 Å². The lowest BCUT2D eigenvalue weighted by atomic mass is 9.99. The second-order valence-corrected chi connectivity index (χ2v) is 6.22. The molecule has 2 rings (SSSR count). The summed E-state index contributed by atoms with van der Waals surface area (Å²) in [6.45, 7) is 6.71. The van der Waals surface area contributed by atoms with E-state index in [0.717, 1.165) is 44.0 Å². The zero-order chi connectivity index (χ0) is 15.1. The third-order valence-electron chi connectivity index (χ3n) is 4.35. The Labute approximate surface area is 128 Å². The third-order valence-corrected chi connectivity index (χ3v) is 4.35. The summed E-state index contributed by atoms with van der Waals surface area (Å²) in [5, 5.41) is 3.25. The van der Waals surface area contributed by atoms with E-state index in [1.807, 2.05) is 4.90 Å². The summed E-state index contributed by atoms with van der Waals surface area (Å²) in [7, 11) is 0. The fourth-order valence-corrected chi connectivity index (χ4v) is 2.72. The van der Waals surface area contributed by atoms with Crippen molar-refractivity contribution in [2.45, 2.75) is 46.0 Å². The second kappa shape index (κ2) is 8.06. The first-order valence-corrected chi connectivity index (χ1v) is 8.29. The number of hydrogen-bond acceptors (Lipinski definition) is 2. The Morgan fingerprint density at radius 3 is 2.52 bits per heavy atom. The van der Waals surface area contributed by atoms with E-state index in [9.17, 15) is 4.79 Å². The van der Waals surface area contributed by atoms with Crippen LogP contribution in [0.5, 0.6) is 0 Å². The standard InChI is InChI=1S/C18H28N2O/c1-3-4-5-16-6-8-17(9-7-16)19-14-18(21)20-12-10-15(2)11-13-20/h6-9,15,19H,3-5,10-14H2,1-2H3. The Bertz CT molecular complexity index is 433. The van der Waals surface area contributed by atoms with Crippen molar-refractivity contribution in [1.82, 2.24) is 4.90 Å². The molecule has 0 radical (unpaired) electrons. The van der Waals surface area contributed by atoms with Crippen LogP contribution in [0.3, 0.4) is 0 Å². The van der Waals surface area contributed by atoms with Gasteiger partial charge in [0.2, 0.25) is 5.91 Å². The number of amides is 1. The van der Waals surface area contributed by atoms with Crippen molar-refractivity contribution >= 4 is 11.6 Å². The summed E-state index contributed by atoms with van der Waals surface area (Å²) < 4.78 is 0. The molecule has 21 heavy (non-hydrogen) atoms. The molecule has 1 fully saturated rings. The molecule has 0 aliphatic carbocycles. The minimum atomic E-state index is 0.219. The van der Waals surface area contributed by atoms with E-state index >= 15 is 0 Å². The number of nitrogens with one attached hydrogen (secondary N) is 1. The van der Waals surface area contributed by atoms with Crippen LogP contribution in [0.4, 0.5) is 5.69 Å². The van der Waals surface area contributed by atoms with Gasteiger partial charge in [-0.1, -0.05) is 32.4 Å². The maximum Gasteiger partial charge on any atom is 0.241 e. The Morgan fingerprint density at radius 2 is 1.90 bits per heavy atom. The number of likely N-dealkylation sites (tertiary alicyclic amines) is 1. The normalized spacial score (nSPS) is 16.0. The van der Waals surface area contributed by atoms with Crippen molar-refractivity contribution in [3.05, 3.63) is 29.8 Å². The van der Waals surface area contributed by atoms with Crippen molar-refractivity contribution in [1.29, 1.82) is 0 Å². The molecule has 1 aliphatic heterocycles. The van der Waals surface area contributed by atoms with Crippen LogP contribution in [-0.2, 0) is 11.2 Å². The van der Waals surface area contributed by atoms with Crippen LogP contribution in [0.15, 0.2) is 24.3 Å². The Hall–Kier alpha value is -1.51. The molecule has 0 unspecified atom stereocenters. The monoisotopic (exact) mass is 288 g/mol. The van der Waals surface area contributed by atoms with Gasteiger partial charge in [0.1, 0.15) is 0 Å². The van der Waals surface area contributed by atoms with Crippen LogP contribution in [0.25, 0.3) is 0 Å². The van der Waals surface area contributed by atoms with Crippen LogP contribution >= 0.6 is 0 Å². The van der Waals surface area contributed by atoms with Crippen molar-refractivity contribution < 1.29 is 4.79 Å². The van der Waals surface area contributed by atoms with E-state index in [1.54, 1.807) is 0 Å². The molecule has 0 spiro atoms. The van der Waals surface area contributed by atoms with Crippen molar-refractivity contribution in [2.75, 3.05) is 25.0 Å². The Balaban J connectivity index is 1.75. The highest BCUT2D eigenvalue weighted by atomic mass is 16.2. The van der Waals surface area contributed by atoms with Crippen LogP contribution in [0.1, 0.15) is 45.1 Å². The molecule has 0 atom stereocenters. The summed E-state index contributed by atoms with van der Waals surface area (Å²) in [5.41, 5.74) is 2.41. The molecule has 0 aromatic heterocycles. The minimum Gasteiger partial charge on any atom is -0.376 e. The first-order chi connectivity index (χ1) is 10.2. The first kappa shape index (κ1) is 15.9. The second-order valence-electron chi connectivity index (χ2n) is 6.22. The largest absolute Gasteiger partial charge is 0.376 e. The van der Waals surface area contributed by atoms with Gasteiger partial charge >= 0.3 is 0 Å². The molecule has 1 N–H and O–H groups in total. The van der Waals surface area contributed by atoms with E-state index in [2.05, 4.69) is 43.4 Å². The number of unbranched alkanes of at least 4 members (excludes halogenated alkanes) is 1. The molecule has 116 valence electrons. The number of piperidine rings is 1. The zero-order valence-corrected chi connectivity index (χ0v) is 13.4. The van der Waals surface area contributed by atoms with E-state index in [-0.39, 0.29) is 5.91 Å². The fraction of sp³-hybridized carbons (Fsp3) is 0.611. The zero-order valence-electron chi connectivity index (χ0n) is 13.4. The van der Waals surface area contributed by atoms with Gasteiger partial charge in [-0.15, -0.1) is 0 Å². The number of hydrogen-bond donors (Lipinski definition) is 1. The number of rotatable bonds is 6. The summed E-state index contributed by atoms with van der Waals surface area (Å²) in [6.07, 6.45) is 5.87. The van der Waals surface area contributed by atoms with Crippen molar-refractivity contribution in [3.8, 4) is 0 Å². The van der Waals surface area contributed by atoms with Gasteiger partial charge < -0.3 is 10.2 Å². The average Bonchev–Trinajstić information content (AvgIpc) is 2.52. The van der Waals surface area contributed by atoms with Gasteiger partial charge in [-0.05, 0) is 49.3 Å². The summed E-state index contributed by atoms with van der Waals surface area (Å²) in [6, 6.07) is 8.48. The summed E-state index contributed by atoms with van der Waals surface area (Å²) in [4.78, 5) is 14.1. The molecule has 0 bridgehead atoms. The van der Waals surface area contributed by atoms with Crippen LogP contribution in [0, 0.1) is 5.92 Å². The topological polar surface area (TPSA) is 32.3 Å². The molecule has 1 aliphatic rings. The van der Waals surface area contributed by atoms with Crippen LogP contribution in [-0.4, -0.2) is 30.4 Å². The highest BCUT2D eigenvalue weighted by Gasteiger charge is 2.19. The maximum atomic E-state index is 12.1. The number of nitrogens with zero attached hydrogens (tertiary/aromatic N) is 1. The van der Waals surface area contributed by atoms with Crippen LogP contribution in [0.2, 0.25) is 0 Å². The average molecular weight is 288 g/mol. The van der Waals surface area contributed by atoms with Gasteiger partial charge in [0.25, 0.3) is 0 Å². The van der Waals surface area contributed by atoms with Gasteiger partial charge in [0, 0.05) is 18.8 Å². The number of carbonyl (C=O) groups is 1. The molecule has 3 heteroatoms. The lowest BCUT2D eigenvalue weighted by Gasteiger charge is -2.30. The highest BCUT2D eigenvalue weighted by Crippen LogP contribution is 2.16. The molecule has 1 aromatic carbocycles. The van der Waals surface area contributed by atoms with Gasteiger partial charge in [-0.25, -0.2) is 0 Å². The summed E-state index contributed by atoms with van der Waals surface area (Å²) >= 11 is 0. The Morgan fingerprint density at radius 1 is 1.24 bits per heavy atom. The molecule has 1 aromatic rings. The minimum absolute atomic E-state index is 0.219. The molecular formula is C18H28N2O. The quantitative estimate of drug-likeness (QED) is 0.865. The predicted molar refractivity (Wildman–Crippen MR) is 88.5 cm³/mol. The highest BCUT2D eigenvalue weighted by molar-refractivity contribution is 5.80. The lowest BCUT2D eigenvalue weighted by Crippen LogP contribution is -2.40. The number of benzene rings is 1. The SMILES string of the molecule is CCCCc1ccc(NCC(=O)N2CCC(C)CC2)cc1. The van der Waals surface area contributed by atoms with E-state index < -0.39 is 0 Å². The molecule has 0 saturated carbocycles. The molecule has 1 heterocycles. The number of carbonyl (C=O) groups excluding carboxylic acids is 1. The van der Waals surface area contributed by atoms with Gasteiger partial charge in [-0.2, -0.15) is 0 Å². The summed E-state index contributed by atoms with van der Waals surface area (Å²) in [5.74, 6) is 0.981. The molecule has 1 amide bonds. The lowest BCUT2D eigenvalue weighted by molar-refractivity contribution is -0.130. The number of aryl methyl sites for hydroxylation is 1. The number of anilines is 1. The Kier molecular flexibility index (Phi) is 6.09. The van der Waals surface area contributed by atoms with E-state index in [4.69, 9.17) is 0 Å². The van der Waals surface area contributed by atoms with Gasteiger partial charge in [0.15, 0.2) is 0 Å².